The molecule has 0 aromatic heterocycles. The molecule has 0 saturated heterocycles. The van der Waals surface area contributed by atoms with Gasteiger partial charge in [-0.1, -0.05) is 12.1 Å². The van der Waals surface area contributed by atoms with E-state index in [1.54, 1.807) is 6.92 Å². The third-order valence-electron chi connectivity index (χ3n) is 3.05. The minimum Gasteiger partial charge on any atom is -0.378 e. The van der Waals surface area contributed by atoms with Crippen molar-refractivity contribution >= 4 is 17.2 Å². The van der Waals surface area contributed by atoms with Gasteiger partial charge in [-0.15, -0.1) is 0 Å². The monoisotopic (exact) mass is 230 g/mol. The molecule has 0 amide bonds. The lowest BCUT2D eigenvalue weighted by atomic mass is 10.1. The second-order valence-corrected chi connectivity index (χ2v) is 4.69. The minimum absolute atomic E-state index is 0.0870. The van der Waals surface area contributed by atoms with Crippen LogP contribution in [0, 0.1) is 0 Å². The van der Waals surface area contributed by atoms with Gasteiger partial charge in [-0.25, -0.2) is 0 Å². The van der Waals surface area contributed by atoms with Crippen LogP contribution in [0.15, 0.2) is 29.3 Å². The number of aliphatic imine (C=N–C) groups is 1. The molecule has 3 nitrogen and oxygen atoms in total. The average molecular weight is 230 g/mol. The van der Waals surface area contributed by atoms with Gasteiger partial charge in [0.2, 0.25) is 0 Å². The molecule has 0 fully saturated rings. The lowest BCUT2D eigenvalue weighted by Crippen LogP contribution is -2.09. The fraction of sp³-hybridized carbons (Fsp3) is 0.429. The first-order chi connectivity index (χ1) is 8.08. The summed E-state index contributed by atoms with van der Waals surface area (Å²) in [6, 6.07) is 8.43. The largest absolute Gasteiger partial charge is 0.378 e. The molecule has 1 aromatic carbocycles. The Kier molecular flexibility index (Phi) is 3.27. The summed E-state index contributed by atoms with van der Waals surface area (Å²) in [7, 11) is 4.07. The van der Waals surface area contributed by atoms with Gasteiger partial charge in [-0.05, 0) is 37.5 Å². The zero-order valence-electron chi connectivity index (χ0n) is 10.6. The maximum Gasteiger partial charge on any atom is 0.159 e. The molecule has 1 heterocycles. The molecular formula is C14H18N2O. The molecule has 2 rings (SSSR count). The van der Waals surface area contributed by atoms with Crippen molar-refractivity contribution < 1.29 is 4.79 Å². The van der Waals surface area contributed by atoms with E-state index in [-0.39, 0.29) is 11.8 Å². The van der Waals surface area contributed by atoms with Crippen LogP contribution in [0.25, 0.3) is 0 Å². The van der Waals surface area contributed by atoms with Crippen LogP contribution in [0.3, 0.4) is 0 Å². The van der Waals surface area contributed by atoms with Crippen LogP contribution in [0.1, 0.15) is 18.9 Å². The molecule has 1 atom stereocenters. The molecule has 0 aliphatic carbocycles. The average Bonchev–Trinajstić information content (AvgIpc) is 3.06. The van der Waals surface area contributed by atoms with Crippen LogP contribution < -0.4 is 4.90 Å². The molecule has 0 saturated carbocycles. The van der Waals surface area contributed by atoms with E-state index in [1.807, 2.05) is 14.1 Å². The summed E-state index contributed by atoms with van der Waals surface area (Å²) < 4.78 is 0. The predicted molar refractivity (Wildman–Crippen MR) is 71.0 cm³/mol. The maximum absolute atomic E-state index is 11.0. The standard InChI is InChI=1S/C14H18N2O/c1-10(17)14-13(15-14)9-6-11-4-7-12(8-5-11)16(2)3/h4-5,7-8,14H,6,9H2,1-3H3. The van der Waals surface area contributed by atoms with E-state index in [2.05, 4.69) is 34.2 Å². The van der Waals surface area contributed by atoms with Crippen molar-refractivity contribution in [1.29, 1.82) is 0 Å². The van der Waals surface area contributed by atoms with Crippen LogP contribution in [0.2, 0.25) is 0 Å². The van der Waals surface area contributed by atoms with Crippen molar-refractivity contribution in [2.45, 2.75) is 25.8 Å². The molecule has 90 valence electrons. The number of hydrogen-bond acceptors (Lipinski definition) is 3. The van der Waals surface area contributed by atoms with Crippen LogP contribution in [0.4, 0.5) is 5.69 Å². The van der Waals surface area contributed by atoms with E-state index in [9.17, 15) is 4.79 Å². The van der Waals surface area contributed by atoms with Gasteiger partial charge in [0.1, 0.15) is 6.04 Å². The Balaban J connectivity index is 1.84. The van der Waals surface area contributed by atoms with E-state index in [4.69, 9.17) is 0 Å². The van der Waals surface area contributed by atoms with Crippen molar-refractivity contribution in [2.24, 2.45) is 4.99 Å². The molecular weight excluding hydrogens is 212 g/mol. The SMILES string of the molecule is CC(=O)C1N=C1CCc1ccc(N(C)C)cc1. The molecule has 3 heteroatoms. The van der Waals surface area contributed by atoms with Gasteiger partial charge in [0.15, 0.2) is 5.78 Å². The zero-order valence-corrected chi connectivity index (χ0v) is 10.6. The molecule has 17 heavy (non-hydrogen) atoms. The highest BCUT2D eigenvalue weighted by molar-refractivity contribution is 6.17. The Hall–Kier alpha value is -1.64. The summed E-state index contributed by atoms with van der Waals surface area (Å²) in [6.07, 6.45) is 1.88. The first-order valence-electron chi connectivity index (χ1n) is 5.91. The number of anilines is 1. The van der Waals surface area contributed by atoms with Gasteiger partial charge in [0.05, 0.1) is 0 Å². The Morgan fingerprint density at radius 2 is 1.88 bits per heavy atom. The van der Waals surface area contributed by atoms with E-state index < -0.39 is 0 Å². The number of aryl methyl sites for hydroxylation is 1. The highest BCUT2D eigenvalue weighted by Gasteiger charge is 2.30. The predicted octanol–water partition coefficient (Wildman–Crippen LogP) is 2.10. The summed E-state index contributed by atoms with van der Waals surface area (Å²) in [4.78, 5) is 17.3. The molecule has 1 unspecified atom stereocenters. The van der Waals surface area contributed by atoms with Crippen LogP contribution in [-0.4, -0.2) is 31.6 Å². The summed E-state index contributed by atoms with van der Waals surface area (Å²) >= 11 is 0. The number of rotatable bonds is 5. The molecule has 1 aromatic rings. The fourth-order valence-electron chi connectivity index (χ4n) is 1.89. The summed E-state index contributed by atoms with van der Waals surface area (Å²) in [5, 5.41) is 0. The van der Waals surface area contributed by atoms with Gasteiger partial charge >= 0.3 is 0 Å². The Bertz CT molecular complexity index is 446. The molecule has 0 N–H and O–H groups in total. The van der Waals surface area contributed by atoms with Gasteiger partial charge in [0.25, 0.3) is 0 Å². The third kappa shape index (κ3) is 2.93. The Morgan fingerprint density at radius 3 is 2.35 bits per heavy atom. The second-order valence-electron chi connectivity index (χ2n) is 4.69. The van der Waals surface area contributed by atoms with Crippen molar-refractivity contribution in [3.8, 4) is 0 Å². The normalized spacial score (nSPS) is 17.6. The minimum atomic E-state index is -0.0870. The number of hydrogen-bond donors (Lipinski definition) is 0. The van der Waals surface area contributed by atoms with Crippen molar-refractivity contribution in [2.75, 3.05) is 19.0 Å². The van der Waals surface area contributed by atoms with E-state index in [1.165, 1.54) is 11.3 Å². The summed E-state index contributed by atoms with van der Waals surface area (Å²) in [6.45, 7) is 1.60. The highest BCUT2D eigenvalue weighted by Crippen LogP contribution is 2.19. The van der Waals surface area contributed by atoms with E-state index in [0.717, 1.165) is 18.6 Å². The maximum atomic E-state index is 11.0. The lowest BCUT2D eigenvalue weighted by Gasteiger charge is -2.12. The Labute approximate surface area is 102 Å². The van der Waals surface area contributed by atoms with E-state index in [0.29, 0.717) is 0 Å². The molecule has 0 bridgehead atoms. The first kappa shape index (κ1) is 11.8. The number of carbonyl (C=O) groups excluding carboxylic acids is 1. The van der Waals surface area contributed by atoms with Crippen molar-refractivity contribution in [1.82, 2.24) is 0 Å². The third-order valence-corrected chi connectivity index (χ3v) is 3.05. The van der Waals surface area contributed by atoms with Crippen LogP contribution in [0.5, 0.6) is 0 Å². The van der Waals surface area contributed by atoms with Gasteiger partial charge < -0.3 is 4.90 Å². The van der Waals surface area contributed by atoms with Gasteiger partial charge in [-0.3, -0.25) is 9.79 Å². The molecule has 0 spiro atoms. The van der Waals surface area contributed by atoms with Crippen LogP contribution in [-0.2, 0) is 11.2 Å². The smallest absolute Gasteiger partial charge is 0.159 e. The van der Waals surface area contributed by atoms with Gasteiger partial charge in [-0.2, -0.15) is 0 Å². The summed E-state index contributed by atoms with van der Waals surface area (Å²) in [5.41, 5.74) is 3.57. The molecule has 1 aliphatic heterocycles. The number of nitrogens with zero attached hydrogens (tertiary/aromatic N) is 2. The fourth-order valence-corrected chi connectivity index (χ4v) is 1.89. The number of ketones is 1. The topological polar surface area (TPSA) is 32.7 Å². The quantitative estimate of drug-likeness (QED) is 0.776. The lowest BCUT2D eigenvalue weighted by molar-refractivity contribution is -0.116. The van der Waals surface area contributed by atoms with Gasteiger partial charge in [0, 0.05) is 25.5 Å². The van der Waals surface area contributed by atoms with Crippen molar-refractivity contribution in [3.05, 3.63) is 29.8 Å². The van der Waals surface area contributed by atoms with Crippen molar-refractivity contribution in [3.63, 3.8) is 0 Å². The first-order valence-corrected chi connectivity index (χ1v) is 5.91. The second kappa shape index (κ2) is 4.70. The number of benzene rings is 1. The summed E-state index contributed by atoms with van der Waals surface area (Å²) in [5.74, 6) is 0.169. The van der Waals surface area contributed by atoms with Crippen LogP contribution >= 0.6 is 0 Å². The molecule has 0 radical (unpaired) electrons. The Morgan fingerprint density at radius 1 is 1.24 bits per heavy atom. The number of carbonyl (C=O) groups is 1. The van der Waals surface area contributed by atoms with E-state index >= 15 is 0 Å². The molecule has 1 aliphatic rings. The zero-order chi connectivity index (χ0) is 12.4. The highest BCUT2D eigenvalue weighted by atomic mass is 16.1. The number of Topliss-reactive ketones (excluding diaryl/α,β-unsaturated/α-hetero) is 1.